The lowest BCUT2D eigenvalue weighted by Crippen LogP contribution is -2.14. The van der Waals surface area contributed by atoms with Gasteiger partial charge in [-0.3, -0.25) is 9.59 Å². The Bertz CT molecular complexity index is 646. The highest BCUT2D eigenvalue weighted by molar-refractivity contribution is 5.92. The molecule has 0 aliphatic rings. The first-order valence-corrected chi connectivity index (χ1v) is 7.32. The predicted molar refractivity (Wildman–Crippen MR) is 88.9 cm³/mol. The van der Waals surface area contributed by atoms with Gasteiger partial charge in [-0.2, -0.15) is 0 Å². The highest BCUT2D eigenvalue weighted by atomic mass is 16.2. The van der Waals surface area contributed by atoms with Crippen LogP contribution in [-0.2, 0) is 22.4 Å². The number of aryl methyl sites for hydroxylation is 1. The van der Waals surface area contributed by atoms with Gasteiger partial charge in [-0.25, -0.2) is 0 Å². The van der Waals surface area contributed by atoms with Crippen molar-refractivity contribution in [3.05, 3.63) is 59.7 Å². The van der Waals surface area contributed by atoms with Crippen molar-refractivity contribution in [3.63, 3.8) is 0 Å². The largest absolute Gasteiger partial charge is 0.326 e. The van der Waals surface area contributed by atoms with Gasteiger partial charge < -0.3 is 10.6 Å². The standard InChI is InChI=1S/C18H20N2O2/c1-3-14-4-8-17(9-5-14)20-18(22)12-15-6-10-16(11-7-15)19-13(2)21/h4-11H,3,12H2,1-2H3,(H,19,21)(H,20,22). The molecule has 0 saturated carbocycles. The monoisotopic (exact) mass is 296 g/mol. The minimum Gasteiger partial charge on any atom is -0.326 e. The first-order valence-electron chi connectivity index (χ1n) is 7.32. The molecule has 0 aromatic heterocycles. The van der Waals surface area contributed by atoms with Crippen molar-refractivity contribution in [2.24, 2.45) is 0 Å². The molecular formula is C18H20N2O2. The molecule has 0 bridgehead atoms. The van der Waals surface area contributed by atoms with Crippen molar-refractivity contribution in [2.75, 3.05) is 10.6 Å². The van der Waals surface area contributed by atoms with E-state index in [9.17, 15) is 9.59 Å². The second-order valence-electron chi connectivity index (χ2n) is 5.15. The van der Waals surface area contributed by atoms with E-state index >= 15 is 0 Å². The zero-order valence-electron chi connectivity index (χ0n) is 12.8. The van der Waals surface area contributed by atoms with Crippen molar-refractivity contribution in [1.29, 1.82) is 0 Å². The molecule has 2 aromatic rings. The van der Waals surface area contributed by atoms with Crippen molar-refractivity contribution in [1.82, 2.24) is 0 Å². The maximum atomic E-state index is 12.0. The van der Waals surface area contributed by atoms with Gasteiger partial charge in [0.2, 0.25) is 11.8 Å². The molecule has 0 atom stereocenters. The molecule has 2 N–H and O–H groups in total. The molecule has 0 heterocycles. The molecular weight excluding hydrogens is 276 g/mol. The Kier molecular flexibility index (Phi) is 5.31. The molecule has 4 heteroatoms. The van der Waals surface area contributed by atoms with Gasteiger partial charge in [0.05, 0.1) is 6.42 Å². The Morgan fingerprint density at radius 1 is 0.818 bits per heavy atom. The third-order valence-corrected chi connectivity index (χ3v) is 3.28. The molecule has 22 heavy (non-hydrogen) atoms. The quantitative estimate of drug-likeness (QED) is 0.888. The fourth-order valence-corrected chi connectivity index (χ4v) is 2.12. The van der Waals surface area contributed by atoms with Crippen LogP contribution < -0.4 is 10.6 Å². The summed E-state index contributed by atoms with van der Waals surface area (Å²) >= 11 is 0. The van der Waals surface area contributed by atoms with E-state index in [-0.39, 0.29) is 11.8 Å². The maximum absolute atomic E-state index is 12.0. The molecule has 0 aliphatic heterocycles. The summed E-state index contributed by atoms with van der Waals surface area (Å²) in [6, 6.07) is 15.1. The third kappa shape index (κ3) is 4.74. The lowest BCUT2D eigenvalue weighted by Gasteiger charge is -2.07. The van der Waals surface area contributed by atoms with Gasteiger partial charge >= 0.3 is 0 Å². The van der Waals surface area contributed by atoms with E-state index in [2.05, 4.69) is 17.6 Å². The topological polar surface area (TPSA) is 58.2 Å². The van der Waals surface area contributed by atoms with Crippen molar-refractivity contribution >= 4 is 23.2 Å². The van der Waals surface area contributed by atoms with Crippen LogP contribution in [0.4, 0.5) is 11.4 Å². The number of rotatable bonds is 5. The van der Waals surface area contributed by atoms with Crippen LogP contribution in [-0.4, -0.2) is 11.8 Å². The molecule has 4 nitrogen and oxygen atoms in total. The molecule has 2 rings (SSSR count). The molecule has 0 unspecified atom stereocenters. The van der Waals surface area contributed by atoms with Crippen LogP contribution in [0.2, 0.25) is 0 Å². The zero-order valence-corrected chi connectivity index (χ0v) is 12.8. The number of anilines is 2. The van der Waals surface area contributed by atoms with Gasteiger partial charge in [0.15, 0.2) is 0 Å². The Morgan fingerprint density at radius 3 is 1.82 bits per heavy atom. The van der Waals surface area contributed by atoms with E-state index in [1.807, 2.05) is 36.4 Å². The van der Waals surface area contributed by atoms with Gasteiger partial charge in [-0.1, -0.05) is 31.2 Å². The van der Waals surface area contributed by atoms with E-state index in [0.717, 1.165) is 23.4 Å². The zero-order chi connectivity index (χ0) is 15.9. The van der Waals surface area contributed by atoms with Crippen LogP contribution in [0.15, 0.2) is 48.5 Å². The first-order chi connectivity index (χ1) is 10.6. The highest BCUT2D eigenvalue weighted by Gasteiger charge is 2.05. The van der Waals surface area contributed by atoms with Crippen LogP contribution in [0.5, 0.6) is 0 Å². The summed E-state index contributed by atoms with van der Waals surface area (Å²) in [5.74, 6) is -0.169. The number of nitrogens with one attached hydrogen (secondary N) is 2. The molecule has 0 fully saturated rings. The first kappa shape index (κ1) is 15.8. The van der Waals surface area contributed by atoms with E-state index in [1.54, 1.807) is 12.1 Å². The van der Waals surface area contributed by atoms with E-state index in [1.165, 1.54) is 12.5 Å². The Labute approximate surface area is 130 Å². The fraction of sp³-hybridized carbons (Fsp3) is 0.222. The van der Waals surface area contributed by atoms with Crippen LogP contribution in [0.1, 0.15) is 25.0 Å². The normalized spacial score (nSPS) is 10.1. The molecule has 0 aliphatic carbocycles. The van der Waals surface area contributed by atoms with Gasteiger partial charge in [-0.15, -0.1) is 0 Å². The predicted octanol–water partition coefficient (Wildman–Crippen LogP) is 3.39. The minimum absolute atomic E-state index is 0.0588. The number of carbonyl (C=O) groups is 2. The Balaban J connectivity index is 1.92. The van der Waals surface area contributed by atoms with Crippen molar-refractivity contribution < 1.29 is 9.59 Å². The summed E-state index contributed by atoms with van der Waals surface area (Å²) in [5, 5.41) is 5.58. The summed E-state index contributed by atoms with van der Waals surface area (Å²) in [6.45, 7) is 3.56. The van der Waals surface area contributed by atoms with Crippen LogP contribution >= 0.6 is 0 Å². The Hall–Kier alpha value is -2.62. The van der Waals surface area contributed by atoms with Crippen molar-refractivity contribution in [2.45, 2.75) is 26.7 Å². The van der Waals surface area contributed by atoms with Gasteiger partial charge in [0.25, 0.3) is 0 Å². The number of amides is 2. The number of hydrogen-bond donors (Lipinski definition) is 2. The van der Waals surface area contributed by atoms with Gasteiger partial charge in [-0.05, 0) is 41.8 Å². The SMILES string of the molecule is CCc1ccc(NC(=O)Cc2ccc(NC(C)=O)cc2)cc1. The second kappa shape index (κ2) is 7.41. The third-order valence-electron chi connectivity index (χ3n) is 3.28. The molecule has 0 saturated heterocycles. The molecule has 0 spiro atoms. The van der Waals surface area contributed by atoms with Crippen LogP contribution in [0.25, 0.3) is 0 Å². The van der Waals surface area contributed by atoms with Gasteiger partial charge in [0.1, 0.15) is 0 Å². The summed E-state index contributed by atoms with van der Waals surface area (Å²) in [7, 11) is 0. The minimum atomic E-state index is -0.110. The number of benzene rings is 2. The summed E-state index contributed by atoms with van der Waals surface area (Å²) in [6.07, 6.45) is 1.28. The van der Waals surface area contributed by atoms with Crippen LogP contribution in [0, 0.1) is 0 Å². The van der Waals surface area contributed by atoms with Crippen LogP contribution in [0.3, 0.4) is 0 Å². The number of hydrogen-bond acceptors (Lipinski definition) is 2. The lowest BCUT2D eigenvalue weighted by atomic mass is 10.1. The summed E-state index contributed by atoms with van der Waals surface area (Å²) in [4.78, 5) is 23.0. The molecule has 0 radical (unpaired) electrons. The summed E-state index contributed by atoms with van der Waals surface area (Å²) < 4.78 is 0. The van der Waals surface area contributed by atoms with E-state index in [0.29, 0.717) is 6.42 Å². The smallest absolute Gasteiger partial charge is 0.228 e. The Morgan fingerprint density at radius 2 is 1.32 bits per heavy atom. The van der Waals surface area contributed by atoms with Gasteiger partial charge in [0, 0.05) is 18.3 Å². The second-order valence-corrected chi connectivity index (χ2v) is 5.15. The molecule has 114 valence electrons. The number of carbonyl (C=O) groups excluding carboxylic acids is 2. The summed E-state index contributed by atoms with van der Waals surface area (Å²) in [5.41, 5.74) is 3.67. The molecule has 2 amide bonds. The average molecular weight is 296 g/mol. The molecule has 2 aromatic carbocycles. The van der Waals surface area contributed by atoms with E-state index in [4.69, 9.17) is 0 Å². The van der Waals surface area contributed by atoms with E-state index < -0.39 is 0 Å². The average Bonchev–Trinajstić information content (AvgIpc) is 2.49. The lowest BCUT2D eigenvalue weighted by molar-refractivity contribution is -0.116. The van der Waals surface area contributed by atoms with Crippen molar-refractivity contribution in [3.8, 4) is 0 Å². The highest BCUT2D eigenvalue weighted by Crippen LogP contribution is 2.13. The fourth-order valence-electron chi connectivity index (χ4n) is 2.12. The maximum Gasteiger partial charge on any atom is 0.228 e.